The molecule has 1 heterocycles. The molecule has 1 saturated heterocycles. The first-order valence-electron chi connectivity index (χ1n) is 10.4. The number of hydrogen-bond donors (Lipinski definition) is 0. The molecule has 1 aliphatic heterocycles. The Morgan fingerprint density at radius 1 is 0.938 bits per heavy atom. The molecule has 0 N–H and O–H groups in total. The summed E-state index contributed by atoms with van der Waals surface area (Å²) in [6.07, 6.45) is -1.41. The third kappa shape index (κ3) is 6.03. The van der Waals surface area contributed by atoms with Crippen molar-refractivity contribution >= 4 is 11.9 Å². The van der Waals surface area contributed by atoms with Crippen LogP contribution < -0.4 is 0 Å². The van der Waals surface area contributed by atoms with E-state index in [-0.39, 0.29) is 13.2 Å². The number of hydrogen-bond acceptors (Lipinski definition) is 7. The van der Waals surface area contributed by atoms with Gasteiger partial charge in [-0.2, -0.15) is 0 Å². The van der Waals surface area contributed by atoms with Crippen molar-refractivity contribution in [1.29, 1.82) is 0 Å². The number of rotatable bonds is 10. The average molecular weight is 440 g/mol. The molecule has 3 rings (SSSR count). The zero-order valence-corrected chi connectivity index (χ0v) is 18.3. The Hall–Kier alpha value is -3.00. The molecule has 0 unspecified atom stereocenters. The number of carbonyl (C=O) groups is 2. The Labute approximate surface area is 187 Å². The zero-order valence-electron chi connectivity index (χ0n) is 18.3. The fraction of sp³-hybridized carbons (Fsp3) is 0.360. The van der Waals surface area contributed by atoms with Crippen LogP contribution in [0.3, 0.4) is 0 Å². The van der Waals surface area contributed by atoms with Crippen molar-refractivity contribution in [3.63, 3.8) is 0 Å². The second-order valence-electron chi connectivity index (χ2n) is 7.52. The molecule has 7 heteroatoms. The fourth-order valence-electron chi connectivity index (χ4n) is 3.57. The Bertz CT molecular complexity index is 899. The van der Waals surface area contributed by atoms with Gasteiger partial charge in [-0.3, -0.25) is 9.59 Å². The van der Waals surface area contributed by atoms with Gasteiger partial charge < -0.3 is 23.7 Å². The SMILES string of the molecule is C=C[C@]1(COCc2ccccc2)O[C@@H](OC(C)=O)[C@H](OC(C)=O)[C@@H]1OCc1ccccc1. The van der Waals surface area contributed by atoms with E-state index in [1.807, 2.05) is 60.7 Å². The summed E-state index contributed by atoms with van der Waals surface area (Å²) in [5.74, 6) is -1.12. The van der Waals surface area contributed by atoms with Crippen LogP contribution in [0.5, 0.6) is 0 Å². The van der Waals surface area contributed by atoms with E-state index >= 15 is 0 Å². The third-order valence-corrected chi connectivity index (χ3v) is 5.03. The lowest BCUT2D eigenvalue weighted by atomic mass is 9.95. The van der Waals surface area contributed by atoms with Crippen LogP contribution in [0.2, 0.25) is 0 Å². The Kier molecular flexibility index (Phi) is 8.16. The van der Waals surface area contributed by atoms with E-state index < -0.39 is 36.0 Å². The number of benzene rings is 2. The lowest BCUT2D eigenvalue weighted by molar-refractivity contribution is -0.204. The highest BCUT2D eigenvalue weighted by molar-refractivity contribution is 5.67. The number of esters is 2. The van der Waals surface area contributed by atoms with Crippen molar-refractivity contribution < 1.29 is 33.3 Å². The Balaban J connectivity index is 1.83. The van der Waals surface area contributed by atoms with E-state index in [0.717, 1.165) is 11.1 Å². The minimum atomic E-state index is -1.20. The second-order valence-corrected chi connectivity index (χ2v) is 7.52. The Morgan fingerprint density at radius 2 is 1.50 bits per heavy atom. The van der Waals surface area contributed by atoms with Gasteiger partial charge in [0.05, 0.1) is 19.8 Å². The summed E-state index contributed by atoms with van der Waals surface area (Å²) < 4.78 is 29.0. The van der Waals surface area contributed by atoms with E-state index in [4.69, 9.17) is 23.7 Å². The predicted octanol–water partition coefficient (Wildman–Crippen LogP) is 3.56. The van der Waals surface area contributed by atoms with Gasteiger partial charge >= 0.3 is 11.9 Å². The normalized spacial score (nSPS) is 24.6. The van der Waals surface area contributed by atoms with Gasteiger partial charge in [-0.25, -0.2) is 0 Å². The largest absolute Gasteiger partial charge is 0.453 e. The molecule has 0 spiro atoms. The summed E-state index contributed by atoms with van der Waals surface area (Å²) in [6.45, 7) is 7.06. The van der Waals surface area contributed by atoms with Crippen LogP contribution >= 0.6 is 0 Å². The molecule has 170 valence electrons. The molecule has 1 fully saturated rings. The molecule has 2 aromatic rings. The number of carbonyl (C=O) groups excluding carboxylic acids is 2. The van der Waals surface area contributed by atoms with E-state index in [2.05, 4.69) is 6.58 Å². The van der Waals surface area contributed by atoms with Gasteiger partial charge in [0.1, 0.15) is 11.7 Å². The van der Waals surface area contributed by atoms with Gasteiger partial charge in [-0.05, 0) is 11.1 Å². The third-order valence-electron chi connectivity index (χ3n) is 5.03. The minimum Gasteiger partial charge on any atom is -0.453 e. The van der Waals surface area contributed by atoms with Crippen LogP contribution in [0.4, 0.5) is 0 Å². The van der Waals surface area contributed by atoms with Crippen LogP contribution in [0.25, 0.3) is 0 Å². The van der Waals surface area contributed by atoms with Gasteiger partial charge in [-0.1, -0.05) is 66.7 Å². The van der Waals surface area contributed by atoms with Crippen molar-refractivity contribution in [2.75, 3.05) is 6.61 Å². The first-order valence-corrected chi connectivity index (χ1v) is 10.4. The lowest BCUT2D eigenvalue weighted by Crippen LogP contribution is -2.48. The van der Waals surface area contributed by atoms with Gasteiger partial charge in [0.15, 0.2) is 6.10 Å². The molecular weight excluding hydrogens is 412 g/mol. The summed E-state index contributed by atoms with van der Waals surface area (Å²) in [7, 11) is 0. The molecule has 4 atom stereocenters. The maximum atomic E-state index is 11.8. The van der Waals surface area contributed by atoms with Crippen molar-refractivity contribution in [3.8, 4) is 0 Å². The minimum absolute atomic E-state index is 0.0559. The smallest absolute Gasteiger partial charge is 0.305 e. The zero-order chi connectivity index (χ0) is 23.0. The van der Waals surface area contributed by atoms with E-state index in [9.17, 15) is 9.59 Å². The molecule has 0 saturated carbocycles. The second kappa shape index (κ2) is 11.0. The summed E-state index contributed by atoms with van der Waals surface area (Å²) in [4.78, 5) is 23.5. The number of ether oxygens (including phenoxy) is 5. The highest BCUT2D eigenvalue weighted by atomic mass is 16.8. The van der Waals surface area contributed by atoms with Crippen molar-refractivity contribution in [3.05, 3.63) is 84.4 Å². The van der Waals surface area contributed by atoms with E-state index in [1.54, 1.807) is 6.08 Å². The van der Waals surface area contributed by atoms with Crippen molar-refractivity contribution in [2.45, 2.75) is 51.2 Å². The summed E-state index contributed by atoms with van der Waals surface area (Å²) >= 11 is 0. The first-order chi connectivity index (χ1) is 15.4. The molecule has 0 amide bonds. The molecule has 7 nitrogen and oxygen atoms in total. The average Bonchev–Trinajstić information content (AvgIpc) is 3.05. The molecule has 2 aromatic carbocycles. The van der Waals surface area contributed by atoms with Crippen molar-refractivity contribution in [1.82, 2.24) is 0 Å². The lowest BCUT2D eigenvalue weighted by Gasteiger charge is -2.31. The molecular formula is C25H28O7. The summed E-state index contributed by atoms with van der Waals surface area (Å²) in [5.41, 5.74) is 0.705. The van der Waals surface area contributed by atoms with E-state index in [1.165, 1.54) is 13.8 Å². The summed E-state index contributed by atoms with van der Waals surface area (Å²) in [5, 5.41) is 0. The molecule has 0 bridgehead atoms. The van der Waals surface area contributed by atoms with Gasteiger partial charge in [0.25, 0.3) is 0 Å². The maximum absolute atomic E-state index is 11.8. The van der Waals surface area contributed by atoms with Gasteiger partial charge in [0.2, 0.25) is 6.29 Å². The molecule has 0 radical (unpaired) electrons. The van der Waals surface area contributed by atoms with Crippen molar-refractivity contribution in [2.24, 2.45) is 0 Å². The summed E-state index contributed by atoms with van der Waals surface area (Å²) in [6, 6.07) is 19.2. The van der Waals surface area contributed by atoms with Gasteiger partial charge in [-0.15, -0.1) is 6.58 Å². The highest BCUT2D eigenvalue weighted by Gasteiger charge is 2.58. The van der Waals surface area contributed by atoms with Crippen LogP contribution in [-0.4, -0.2) is 42.6 Å². The maximum Gasteiger partial charge on any atom is 0.305 e. The van der Waals surface area contributed by atoms with Gasteiger partial charge in [0, 0.05) is 13.8 Å². The van der Waals surface area contributed by atoms with E-state index in [0.29, 0.717) is 6.61 Å². The predicted molar refractivity (Wildman–Crippen MR) is 116 cm³/mol. The molecule has 32 heavy (non-hydrogen) atoms. The topological polar surface area (TPSA) is 80.3 Å². The Morgan fingerprint density at radius 3 is 2.03 bits per heavy atom. The van der Waals surface area contributed by atoms with Crippen LogP contribution in [0.1, 0.15) is 25.0 Å². The highest BCUT2D eigenvalue weighted by Crippen LogP contribution is 2.38. The standard InChI is InChI=1S/C25H28O7/c1-4-25(17-28-15-20-11-7-5-8-12-20)23(29-16-21-13-9-6-10-14-21)22(30-18(2)26)24(32-25)31-19(3)27/h4-14,22-24H,1,15-17H2,2-3H3/t22-,23+,24-,25-/m1/s1. The van der Waals surface area contributed by atoms with Crippen LogP contribution in [-0.2, 0) is 46.5 Å². The monoisotopic (exact) mass is 440 g/mol. The fourth-order valence-corrected chi connectivity index (χ4v) is 3.57. The first kappa shape index (κ1) is 23.7. The molecule has 1 aliphatic rings. The van der Waals surface area contributed by atoms with Crippen LogP contribution in [0, 0.1) is 0 Å². The quantitative estimate of drug-likeness (QED) is 0.413. The molecule has 0 aromatic heterocycles. The van der Waals surface area contributed by atoms with Crippen LogP contribution in [0.15, 0.2) is 73.3 Å². The molecule has 0 aliphatic carbocycles.